The third-order valence-electron chi connectivity index (χ3n) is 3.26. The van der Waals surface area contributed by atoms with E-state index in [0.717, 1.165) is 19.4 Å². The smallest absolute Gasteiger partial charge is 0.0861 e. The van der Waals surface area contributed by atoms with E-state index in [9.17, 15) is 15.3 Å². The lowest BCUT2D eigenvalue weighted by molar-refractivity contribution is -0.0600. The van der Waals surface area contributed by atoms with Gasteiger partial charge in [0.2, 0.25) is 0 Å². The first-order valence-corrected chi connectivity index (χ1v) is 7.18. The van der Waals surface area contributed by atoms with Crippen LogP contribution in [-0.4, -0.2) is 69.7 Å². The van der Waals surface area contributed by atoms with E-state index < -0.39 is 12.2 Å². The fraction of sp³-hybridized carbons (Fsp3) is 1.00. The van der Waals surface area contributed by atoms with Gasteiger partial charge in [-0.3, -0.25) is 4.90 Å². The van der Waals surface area contributed by atoms with Crippen LogP contribution in [0.4, 0.5) is 0 Å². The SMILES string of the molecule is CCCCN1C[C@@H](O)[C@H](SC)[C@H](O)[C@H]1CO. The lowest BCUT2D eigenvalue weighted by Gasteiger charge is -2.44. The molecule has 3 N–H and O–H groups in total. The van der Waals surface area contributed by atoms with Crippen molar-refractivity contribution in [1.29, 1.82) is 0 Å². The van der Waals surface area contributed by atoms with Crippen LogP contribution in [0.3, 0.4) is 0 Å². The zero-order valence-electron chi connectivity index (χ0n) is 10.0. The molecule has 0 aliphatic carbocycles. The molecule has 0 unspecified atom stereocenters. The molecule has 96 valence electrons. The standard InChI is InChI=1S/C11H23NO3S/c1-3-4-5-12-6-9(14)11(16-2)10(15)8(12)7-13/h8-11,13-15H,3-7H2,1-2H3/t8-,9-,10-,11+/m1/s1. The fourth-order valence-corrected chi connectivity index (χ4v) is 3.14. The van der Waals surface area contributed by atoms with Gasteiger partial charge >= 0.3 is 0 Å². The number of β-amino-alcohol motifs (C(OH)–C–C–N with tert-alkyl or cyclic N) is 1. The number of piperidine rings is 1. The number of hydrogen-bond acceptors (Lipinski definition) is 5. The van der Waals surface area contributed by atoms with Gasteiger partial charge in [0.25, 0.3) is 0 Å². The second-order valence-electron chi connectivity index (χ2n) is 4.36. The largest absolute Gasteiger partial charge is 0.395 e. The van der Waals surface area contributed by atoms with Gasteiger partial charge in [0.15, 0.2) is 0 Å². The maximum atomic E-state index is 10.1. The van der Waals surface area contributed by atoms with Crippen molar-refractivity contribution in [3.05, 3.63) is 0 Å². The average molecular weight is 249 g/mol. The summed E-state index contributed by atoms with van der Waals surface area (Å²) in [5, 5.41) is 29.2. The maximum Gasteiger partial charge on any atom is 0.0861 e. The van der Waals surface area contributed by atoms with Crippen molar-refractivity contribution in [1.82, 2.24) is 4.90 Å². The molecule has 0 bridgehead atoms. The molecule has 5 heteroatoms. The number of nitrogens with zero attached hydrogens (tertiary/aromatic N) is 1. The highest BCUT2D eigenvalue weighted by Crippen LogP contribution is 2.26. The second kappa shape index (κ2) is 6.81. The minimum atomic E-state index is -0.652. The molecule has 0 spiro atoms. The van der Waals surface area contributed by atoms with E-state index >= 15 is 0 Å². The maximum absolute atomic E-state index is 10.1. The number of unbranched alkanes of at least 4 members (excludes halogenated alkanes) is 1. The van der Waals surface area contributed by atoms with E-state index in [1.54, 1.807) is 0 Å². The van der Waals surface area contributed by atoms with Gasteiger partial charge in [0.1, 0.15) is 0 Å². The van der Waals surface area contributed by atoms with Crippen LogP contribution in [0.25, 0.3) is 0 Å². The van der Waals surface area contributed by atoms with Gasteiger partial charge in [-0.2, -0.15) is 11.8 Å². The molecule has 1 heterocycles. The van der Waals surface area contributed by atoms with Crippen LogP contribution in [0.2, 0.25) is 0 Å². The van der Waals surface area contributed by atoms with E-state index in [4.69, 9.17) is 0 Å². The quantitative estimate of drug-likeness (QED) is 0.636. The summed E-state index contributed by atoms with van der Waals surface area (Å²) in [7, 11) is 0. The molecule has 0 aromatic rings. The van der Waals surface area contributed by atoms with Crippen LogP contribution in [0.5, 0.6) is 0 Å². The summed E-state index contributed by atoms with van der Waals surface area (Å²) in [6.45, 7) is 3.44. The van der Waals surface area contributed by atoms with Crippen molar-refractivity contribution >= 4 is 11.8 Å². The highest BCUT2D eigenvalue weighted by atomic mass is 32.2. The van der Waals surface area contributed by atoms with Crippen LogP contribution in [0, 0.1) is 0 Å². The molecule has 0 saturated carbocycles. The Morgan fingerprint density at radius 1 is 1.38 bits per heavy atom. The number of rotatable bonds is 5. The van der Waals surface area contributed by atoms with Gasteiger partial charge < -0.3 is 15.3 Å². The summed E-state index contributed by atoms with van der Waals surface area (Å²) in [5.74, 6) is 0. The Labute approximate surface area is 102 Å². The lowest BCUT2D eigenvalue weighted by atomic mass is 9.96. The zero-order chi connectivity index (χ0) is 12.1. The lowest BCUT2D eigenvalue weighted by Crippen LogP contribution is -2.61. The third kappa shape index (κ3) is 3.11. The van der Waals surface area contributed by atoms with Crippen LogP contribution in [0.15, 0.2) is 0 Å². The molecular weight excluding hydrogens is 226 g/mol. The third-order valence-corrected chi connectivity index (χ3v) is 4.40. The van der Waals surface area contributed by atoms with Crippen molar-refractivity contribution < 1.29 is 15.3 Å². The van der Waals surface area contributed by atoms with Crippen LogP contribution < -0.4 is 0 Å². The Bertz CT molecular complexity index is 206. The number of aliphatic hydroxyl groups excluding tert-OH is 3. The summed E-state index contributed by atoms with van der Waals surface area (Å²) in [5.41, 5.74) is 0. The van der Waals surface area contributed by atoms with E-state index in [-0.39, 0.29) is 17.9 Å². The summed E-state index contributed by atoms with van der Waals surface area (Å²) in [4.78, 5) is 2.01. The molecule has 1 fully saturated rings. The first-order valence-electron chi connectivity index (χ1n) is 5.89. The molecule has 1 aliphatic heterocycles. The van der Waals surface area contributed by atoms with Gasteiger partial charge in [-0.15, -0.1) is 0 Å². The molecule has 1 saturated heterocycles. The van der Waals surface area contributed by atoms with Crippen LogP contribution >= 0.6 is 11.8 Å². The Morgan fingerprint density at radius 2 is 2.06 bits per heavy atom. The molecule has 4 nitrogen and oxygen atoms in total. The second-order valence-corrected chi connectivity index (χ2v) is 5.37. The minimum Gasteiger partial charge on any atom is -0.395 e. The Hall–Kier alpha value is 0.190. The Balaban J connectivity index is 2.65. The first-order chi connectivity index (χ1) is 7.65. The fourth-order valence-electron chi connectivity index (χ4n) is 2.28. The minimum absolute atomic E-state index is 0.0470. The van der Waals surface area contributed by atoms with Crippen molar-refractivity contribution in [2.75, 3.05) is 26.0 Å². The van der Waals surface area contributed by atoms with Gasteiger partial charge in [-0.1, -0.05) is 13.3 Å². The average Bonchev–Trinajstić information content (AvgIpc) is 2.26. The van der Waals surface area contributed by atoms with Gasteiger partial charge in [0, 0.05) is 6.54 Å². The van der Waals surface area contributed by atoms with Crippen molar-refractivity contribution in [3.8, 4) is 0 Å². The summed E-state index contributed by atoms with van der Waals surface area (Å²) >= 11 is 1.47. The monoisotopic (exact) mass is 249 g/mol. The summed E-state index contributed by atoms with van der Waals surface area (Å²) in [6.07, 6.45) is 2.82. The number of likely N-dealkylation sites (tertiary alicyclic amines) is 1. The Kier molecular flexibility index (Phi) is 6.07. The molecule has 0 radical (unpaired) electrons. The first kappa shape index (κ1) is 14.3. The summed E-state index contributed by atoms with van der Waals surface area (Å²) < 4.78 is 0. The predicted octanol–water partition coefficient (Wildman–Crippen LogP) is -0.0836. The summed E-state index contributed by atoms with van der Waals surface area (Å²) in [6, 6.07) is -0.229. The number of hydrogen-bond donors (Lipinski definition) is 3. The van der Waals surface area contributed by atoms with E-state index in [1.165, 1.54) is 11.8 Å². The highest BCUT2D eigenvalue weighted by molar-refractivity contribution is 7.99. The van der Waals surface area contributed by atoms with Crippen LogP contribution in [-0.2, 0) is 0 Å². The zero-order valence-corrected chi connectivity index (χ0v) is 10.9. The number of thioether (sulfide) groups is 1. The van der Waals surface area contributed by atoms with Crippen molar-refractivity contribution in [2.45, 2.75) is 43.3 Å². The Morgan fingerprint density at radius 3 is 2.56 bits per heavy atom. The van der Waals surface area contributed by atoms with Crippen molar-refractivity contribution in [3.63, 3.8) is 0 Å². The predicted molar refractivity (Wildman–Crippen MR) is 66.7 cm³/mol. The van der Waals surface area contributed by atoms with Gasteiger partial charge in [-0.25, -0.2) is 0 Å². The molecule has 0 aromatic carbocycles. The molecule has 4 atom stereocenters. The highest BCUT2D eigenvalue weighted by Gasteiger charge is 2.41. The van der Waals surface area contributed by atoms with Crippen LogP contribution in [0.1, 0.15) is 19.8 Å². The van der Waals surface area contributed by atoms with Gasteiger partial charge in [-0.05, 0) is 19.2 Å². The topological polar surface area (TPSA) is 63.9 Å². The molecule has 1 aliphatic rings. The van der Waals surface area contributed by atoms with E-state index in [1.807, 2.05) is 11.2 Å². The normalized spacial score (nSPS) is 36.6. The van der Waals surface area contributed by atoms with E-state index in [2.05, 4.69) is 6.92 Å². The molecule has 0 aromatic heterocycles. The van der Waals surface area contributed by atoms with Crippen molar-refractivity contribution in [2.24, 2.45) is 0 Å². The molecule has 16 heavy (non-hydrogen) atoms. The molecule has 1 rings (SSSR count). The number of aliphatic hydroxyl groups is 3. The van der Waals surface area contributed by atoms with E-state index in [0.29, 0.717) is 6.54 Å². The van der Waals surface area contributed by atoms with Gasteiger partial charge in [0.05, 0.1) is 30.1 Å². The molecule has 0 amide bonds. The molecular formula is C11H23NO3S.